The van der Waals surface area contributed by atoms with Gasteiger partial charge in [0.1, 0.15) is 18.1 Å². The Balaban J connectivity index is 1.14. The van der Waals surface area contributed by atoms with Gasteiger partial charge in [-0.1, -0.05) is 0 Å². The molecule has 172 valence electrons. The smallest absolute Gasteiger partial charge is 0.307 e. The van der Waals surface area contributed by atoms with Crippen LogP contribution in [0.2, 0.25) is 0 Å². The number of nitrogens with one attached hydrogen (secondary N) is 1. The van der Waals surface area contributed by atoms with Crippen LogP contribution in [0.4, 0.5) is 0 Å². The summed E-state index contributed by atoms with van der Waals surface area (Å²) in [6.07, 6.45) is 1.52. The summed E-state index contributed by atoms with van der Waals surface area (Å²) in [6, 6.07) is 20.7. The second-order valence-corrected chi connectivity index (χ2v) is 7.81. The van der Waals surface area contributed by atoms with E-state index in [4.69, 9.17) is 18.6 Å². The molecular formula is C26H23N3O5. The number of fused-ring (bicyclic) bond motifs is 1. The lowest BCUT2D eigenvalue weighted by Crippen LogP contribution is -2.16. The van der Waals surface area contributed by atoms with Gasteiger partial charge in [-0.15, -0.1) is 0 Å². The van der Waals surface area contributed by atoms with Crippen LogP contribution in [0.3, 0.4) is 0 Å². The summed E-state index contributed by atoms with van der Waals surface area (Å²) in [5.41, 5.74) is 6.64. The minimum absolute atomic E-state index is 0.148. The van der Waals surface area contributed by atoms with E-state index in [0.29, 0.717) is 23.0 Å². The zero-order valence-electron chi connectivity index (χ0n) is 18.8. The molecule has 0 spiro atoms. The van der Waals surface area contributed by atoms with E-state index in [0.717, 1.165) is 11.3 Å². The number of rotatable bonds is 7. The number of ether oxygens (including phenoxy) is 3. The summed E-state index contributed by atoms with van der Waals surface area (Å²) in [6.45, 7) is 4.56. The number of aromatic nitrogens is 1. The van der Waals surface area contributed by atoms with Crippen molar-refractivity contribution in [3.8, 4) is 22.9 Å². The molecule has 0 saturated carbocycles. The first-order valence-electron chi connectivity index (χ1n) is 10.8. The highest BCUT2D eigenvalue weighted by Crippen LogP contribution is 2.32. The molecule has 1 amide bonds. The second-order valence-electron chi connectivity index (χ2n) is 7.81. The zero-order chi connectivity index (χ0) is 23.5. The first-order valence-corrected chi connectivity index (χ1v) is 10.8. The molecule has 1 aliphatic heterocycles. The lowest BCUT2D eigenvalue weighted by atomic mass is 10.2. The van der Waals surface area contributed by atoms with Crippen LogP contribution < -0.4 is 19.6 Å². The van der Waals surface area contributed by atoms with Crippen molar-refractivity contribution < 1.29 is 23.4 Å². The minimum atomic E-state index is -0.454. The Kier molecular flexibility index (Phi) is 5.78. The molecule has 5 rings (SSSR count). The van der Waals surface area contributed by atoms with Gasteiger partial charge in [-0.05, 0) is 86.1 Å². The third kappa shape index (κ3) is 4.52. The van der Waals surface area contributed by atoms with Gasteiger partial charge in [0.15, 0.2) is 17.3 Å². The Hall–Kier alpha value is -4.46. The Morgan fingerprint density at radius 3 is 2.56 bits per heavy atom. The summed E-state index contributed by atoms with van der Waals surface area (Å²) in [7, 11) is 0. The Labute approximate surface area is 196 Å². The van der Waals surface area contributed by atoms with Crippen molar-refractivity contribution in [1.29, 1.82) is 0 Å². The molecule has 1 aliphatic rings. The average Bonchev–Trinajstić information content (AvgIpc) is 3.58. The average molecular weight is 457 g/mol. The number of carbonyl (C=O) groups is 1. The van der Waals surface area contributed by atoms with Crippen molar-refractivity contribution in [2.75, 3.05) is 6.79 Å². The molecule has 0 unspecified atom stereocenters. The minimum Gasteiger partial charge on any atom is -0.486 e. The largest absolute Gasteiger partial charge is 0.486 e. The van der Waals surface area contributed by atoms with Crippen LogP contribution in [0.5, 0.6) is 17.2 Å². The fourth-order valence-corrected chi connectivity index (χ4v) is 3.71. The van der Waals surface area contributed by atoms with Crippen LogP contribution in [0.1, 0.15) is 33.3 Å². The van der Waals surface area contributed by atoms with Crippen molar-refractivity contribution in [1.82, 2.24) is 9.99 Å². The van der Waals surface area contributed by atoms with Gasteiger partial charge in [0, 0.05) is 17.1 Å². The number of hydrazone groups is 1. The normalized spacial score (nSPS) is 12.3. The molecule has 34 heavy (non-hydrogen) atoms. The standard InChI is InChI=1S/C26H23N3O5/c1-17-3-4-18(2)29(17)20-6-8-21(9-7-20)31-15-22-10-12-24(34-22)26(30)28-27-14-19-5-11-23-25(13-19)33-16-32-23/h3-14H,15-16H2,1-2H3,(H,28,30). The van der Waals surface area contributed by atoms with E-state index in [9.17, 15) is 4.79 Å². The number of carbonyl (C=O) groups excluding carboxylic acids is 1. The Morgan fingerprint density at radius 2 is 1.76 bits per heavy atom. The molecule has 0 aliphatic carbocycles. The van der Waals surface area contributed by atoms with E-state index >= 15 is 0 Å². The lowest BCUT2D eigenvalue weighted by molar-refractivity contribution is 0.0923. The van der Waals surface area contributed by atoms with E-state index in [1.54, 1.807) is 24.3 Å². The van der Waals surface area contributed by atoms with Crippen LogP contribution in [0.15, 0.2) is 76.2 Å². The maximum atomic E-state index is 12.3. The SMILES string of the molecule is Cc1ccc(C)n1-c1ccc(OCc2ccc(C(=O)NN=Cc3ccc4c(c3)OCO4)o2)cc1. The van der Waals surface area contributed by atoms with Gasteiger partial charge in [0.2, 0.25) is 6.79 Å². The molecule has 8 heteroatoms. The number of hydrogen-bond donors (Lipinski definition) is 1. The van der Waals surface area contributed by atoms with E-state index < -0.39 is 5.91 Å². The van der Waals surface area contributed by atoms with Crippen LogP contribution in [-0.2, 0) is 6.61 Å². The fourth-order valence-electron chi connectivity index (χ4n) is 3.71. The molecule has 4 aromatic rings. The number of furan rings is 1. The lowest BCUT2D eigenvalue weighted by Gasteiger charge is -2.10. The fraction of sp³-hybridized carbons (Fsp3) is 0.154. The number of amides is 1. The van der Waals surface area contributed by atoms with Crippen LogP contribution in [0, 0.1) is 13.8 Å². The monoisotopic (exact) mass is 457 g/mol. The number of nitrogens with zero attached hydrogens (tertiary/aromatic N) is 2. The first kappa shape index (κ1) is 21.4. The van der Waals surface area contributed by atoms with Crippen molar-refractivity contribution in [2.45, 2.75) is 20.5 Å². The van der Waals surface area contributed by atoms with E-state index in [2.05, 4.69) is 41.1 Å². The van der Waals surface area contributed by atoms with Gasteiger partial charge in [0.25, 0.3) is 0 Å². The van der Waals surface area contributed by atoms with Gasteiger partial charge < -0.3 is 23.2 Å². The second kappa shape index (κ2) is 9.19. The molecule has 0 fully saturated rings. The summed E-state index contributed by atoms with van der Waals surface area (Å²) in [5.74, 6) is 2.28. The molecule has 2 aromatic carbocycles. The molecule has 0 saturated heterocycles. The number of aryl methyl sites for hydroxylation is 2. The van der Waals surface area contributed by atoms with Gasteiger partial charge in [-0.2, -0.15) is 5.10 Å². The van der Waals surface area contributed by atoms with Crippen LogP contribution in [0.25, 0.3) is 5.69 Å². The summed E-state index contributed by atoms with van der Waals surface area (Å²) in [5, 5.41) is 3.97. The van der Waals surface area contributed by atoms with Crippen molar-refractivity contribution >= 4 is 12.1 Å². The Morgan fingerprint density at radius 1 is 1.00 bits per heavy atom. The van der Waals surface area contributed by atoms with Crippen LogP contribution >= 0.6 is 0 Å². The predicted octanol–water partition coefficient (Wildman–Crippen LogP) is 4.76. The zero-order valence-corrected chi connectivity index (χ0v) is 18.8. The predicted molar refractivity (Wildman–Crippen MR) is 126 cm³/mol. The molecular weight excluding hydrogens is 434 g/mol. The Bertz CT molecular complexity index is 1330. The van der Waals surface area contributed by atoms with Gasteiger partial charge >= 0.3 is 5.91 Å². The quantitative estimate of drug-likeness (QED) is 0.319. The summed E-state index contributed by atoms with van der Waals surface area (Å²) < 4.78 is 24.2. The maximum absolute atomic E-state index is 12.3. The first-order chi connectivity index (χ1) is 16.6. The topological polar surface area (TPSA) is 87.2 Å². The molecule has 0 radical (unpaired) electrons. The molecule has 0 bridgehead atoms. The third-order valence-corrected chi connectivity index (χ3v) is 5.41. The highest BCUT2D eigenvalue weighted by atomic mass is 16.7. The van der Waals surface area contributed by atoms with Gasteiger partial charge in [-0.3, -0.25) is 4.79 Å². The summed E-state index contributed by atoms with van der Waals surface area (Å²) in [4.78, 5) is 12.3. The third-order valence-electron chi connectivity index (χ3n) is 5.41. The van der Waals surface area contributed by atoms with Crippen molar-refractivity contribution in [3.63, 3.8) is 0 Å². The number of hydrogen-bond acceptors (Lipinski definition) is 6. The molecule has 1 N–H and O–H groups in total. The van der Waals surface area contributed by atoms with Crippen molar-refractivity contribution in [2.24, 2.45) is 5.10 Å². The van der Waals surface area contributed by atoms with E-state index in [1.807, 2.05) is 30.3 Å². The van der Waals surface area contributed by atoms with Crippen LogP contribution in [-0.4, -0.2) is 23.5 Å². The van der Waals surface area contributed by atoms with Gasteiger partial charge in [-0.25, -0.2) is 5.43 Å². The number of benzene rings is 2. The highest BCUT2D eigenvalue weighted by molar-refractivity contribution is 5.92. The van der Waals surface area contributed by atoms with E-state index in [1.165, 1.54) is 17.6 Å². The molecule has 3 heterocycles. The molecule has 2 aromatic heterocycles. The van der Waals surface area contributed by atoms with Gasteiger partial charge in [0.05, 0.1) is 6.21 Å². The highest BCUT2D eigenvalue weighted by Gasteiger charge is 2.13. The molecule has 0 atom stereocenters. The molecule has 8 nitrogen and oxygen atoms in total. The maximum Gasteiger partial charge on any atom is 0.307 e. The summed E-state index contributed by atoms with van der Waals surface area (Å²) >= 11 is 0. The van der Waals surface area contributed by atoms with Crippen molar-refractivity contribution in [3.05, 3.63) is 95.2 Å². The van der Waals surface area contributed by atoms with E-state index in [-0.39, 0.29) is 19.2 Å².